The Morgan fingerprint density at radius 3 is 1.44 bits per heavy atom. The molecule has 13 nitrogen and oxygen atoms in total. The molecule has 0 spiro atoms. The zero-order valence-electron chi connectivity index (χ0n) is 32.1. The number of aliphatic hydroxyl groups excluding tert-OH is 2. The van der Waals surface area contributed by atoms with Crippen LogP contribution in [-0.2, 0) is 69.2 Å². The molecule has 4 N–H and O–H groups in total. The van der Waals surface area contributed by atoms with E-state index >= 15 is 0 Å². The first kappa shape index (κ1) is 42.1. The molecular formula is C44H52N2O11. The van der Waals surface area contributed by atoms with Crippen LogP contribution in [0.1, 0.15) is 36.1 Å². The van der Waals surface area contributed by atoms with Crippen molar-refractivity contribution in [3.8, 4) is 0 Å². The summed E-state index contributed by atoms with van der Waals surface area (Å²) in [5.41, 5.74) is 3.55. The molecule has 2 aliphatic heterocycles. The predicted octanol–water partition coefficient (Wildman–Crippen LogP) is 3.79. The molecule has 6 rings (SSSR count). The third-order valence-electron chi connectivity index (χ3n) is 9.73. The molecule has 2 saturated heterocycles. The number of ether oxygens (including phenoxy) is 7. The lowest BCUT2D eigenvalue weighted by Gasteiger charge is -2.49. The molecule has 4 aromatic rings. The van der Waals surface area contributed by atoms with Gasteiger partial charge in [0.25, 0.3) is 0 Å². The summed E-state index contributed by atoms with van der Waals surface area (Å²) < 4.78 is 44.7. The Balaban J connectivity index is 1.32. The van der Waals surface area contributed by atoms with Gasteiger partial charge in [-0.2, -0.15) is 0 Å². The van der Waals surface area contributed by atoms with Crippen molar-refractivity contribution >= 4 is 11.8 Å². The molecule has 0 radical (unpaired) electrons. The van der Waals surface area contributed by atoms with E-state index in [1.807, 2.05) is 121 Å². The van der Waals surface area contributed by atoms with Crippen LogP contribution in [0.15, 0.2) is 121 Å². The molecule has 4 aromatic carbocycles. The predicted molar refractivity (Wildman–Crippen MR) is 208 cm³/mol. The summed E-state index contributed by atoms with van der Waals surface area (Å²) in [4.78, 5) is 25.4. The molecule has 2 aliphatic rings. The van der Waals surface area contributed by atoms with E-state index in [0.29, 0.717) is 0 Å². The molecule has 13 heteroatoms. The number of amides is 2. The van der Waals surface area contributed by atoms with Gasteiger partial charge in [-0.1, -0.05) is 121 Å². The molecule has 2 unspecified atom stereocenters. The highest BCUT2D eigenvalue weighted by atomic mass is 16.7. The Kier molecular flexibility index (Phi) is 15.7. The lowest BCUT2D eigenvalue weighted by atomic mass is 9.94. The van der Waals surface area contributed by atoms with E-state index in [-0.39, 0.29) is 39.6 Å². The first-order chi connectivity index (χ1) is 27.7. The first-order valence-electron chi connectivity index (χ1n) is 19.2. The fourth-order valence-corrected chi connectivity index (χ4v) is 6.99. The second kappa shape index (κ2) is 21.3. The van der Waals surface area contributed by atoms with Crippen molar-refractivity contribution < 1.29 is 53.0 Å². The number of rotatable bonds is 18. The Labute approximate surface area is 333 Å². The third-order valence-corrected chi connectivity index (χ3v) is 9.73. The summed E-state index contributed by atoms with van der Waals surface area (Å²) in [7, 11) is 0. The van der Waals surface area contributed by atoms with Crippen molar-refractivity contribution in [3.63, 3.8) is 0 Å². The molecule has 0 bridgehead atoms. The quantitative estimate of drug-likeness (QED) is 0.116. The maximum absolute atomic E-state index is 12.8. The topological polar surface area (TPSA) is 163 Å². The number of carbonyl (C=O) groups is 2. The summed E-state index contributed by atoms with van der Waals surface area (Å²) in [6.45, 7) is 3.31. The van der Waals surface area contributed by atoms with Gasteiger partial charge in [0.05, 0.1) is 39.6 Å². The van der Waals surface area contributed by atoms with Gasteiger partial charge in [0.15, 0.2) is 12.6 Å². The van der Waals surface area contributed by atoms with Gasteiger partial charge >= 0.3 is 0 Å². The van der Waals surface area contributed by atoms with Gasteiger partial charge in [-0.15, -0.1) is 0 Å². The van der Waals surface area contributed by atoms with E-state index in [0.717, 1.165) is 22.3 Å². The van der Waals surface area contributed by atoms with Crippen molar-refractivity contribution in [3.05, 3.63) is 144 Å². The second-order valence-corrected chi connectivity index (χ2v) is 14.2. The molecule has 0 aromatic heterocycles. The highest BCUT2D eigenvalue weighted by Crippen LogP contribution is 2.33. The molecule has 304 valence electrons. The molecule has 0 saturated carbocycles. The van der Waals surface area contributed by atoms with Crippen LogP contribution < -0.4 is 10.6 Å². The number of hydrogen-bond acceptors (Lipinski definition) is 11. The van der Waals surface area contributed by atoms with E-state index in [2.05, 4.69) is 10.6 Å². The largest absolute Gasteiger partial charge is 0.388 e. The summed E-state index contributed by atoms with van der Waals surface area (Å²) in [6, 6.07) is 36.0. The van der Waals surface area contributed by atoms with Crippen molar-refractivity contribution in [1.29, 1.82) is 0 Å². The Bertz CT molecular complexity index is 1790. The molecule has 2 fully saturated rings. The summed E-state index contributed by atoms with van der Waals surface area (Å²) in [6.07, 6.45) is -9.08. The third kappa shape index (κ3) is 12.2. The van der Waals surface area contributed by atoms with Crippen LogP contribution >= 0.6 is 0 Å². The average molecular weight is 785 g/mol. The van der Waals surface area contributed by atoms with Gasteiger partial charge in [-0.05, 0) is 22.3 Å². The fraction of sp³-hybridized carbons (Fsp3) is 0.409. The van der Waals surface area contributed by atoms with E-state index in [4.69, 9.17) is 33.2 Å². The van der Waals surface area contributed by atoms with Crippen LogP contribution in [-0.4, -0.2) is 96.5 Å². The zero-order chi connectivity index (χ0) is 40.0. The average Bonchev–Trinajstić information content (AvgIpc) is 3.21. The van der Waals surface area contributed by atoms with Gasteiger partial charge in [-0.25, -0.2) is 0 Å². The van der Waals surface area contributed by atoms with E-state index in [1.54, 1.807) is 0 Å². The van der Waals surface area contributed by atoms with Gasteiger partial charge in [0.1, 0.15) is 48.7 Å². The Morgan fingerprint density at radius 2 is 0.965 bits per heavy atom. The minimum Gasteiger partial charge on any atom is -0.388 e. The first-order valence-corrected chi connectivity index (χ1v) is 19.2. The zero-order valence-corrected chi connectivity index (χ0v) is 32.1. The van der Waals surface area contributed by atoms with E-state index < -0.39 is 73.1 Å². The highest BCUT2D eigenvalue weighted by Gasteiger charge is 2.53. The standard InChI is InChI=1S/C44H52N2O11/c1-29(47)45-37-42(54-26-34-21-13-6-14-22-34)40(36(55-43(37)50)28-52-24-32-17-9-4-10-18-32)57-44-38(46-30(2)48)41(53-25-33-19-11-5-12-20-33)39(49)35(56-44)27-51-23-31-15-7-3-8-16-31/h3-22,35-44,49-50H,23-28H2,1-2H3,(H,45,47)(H,46,48)/t35-,36-,37-,38-,39-,40-,41-,42-,43?,44?/m1/s1. The SMILES string of the molecule is CC(=O)N[C@H]1C(O[C@H]2[C@H](OCc3ccccc3)[C@@H](NC(C)=O)C(O)O[C@@H]2COCc2ccccc2)O[C@H](COCc2ccccc2)[C@@H](O)[C@@H]1OCc1ccccc1. The van der Waals surface area contributed by atoms with Crippen LogP contribution in [0.3, 0.4) is 0 Å². The highest BCUT2D eigenvalue weighted by molar-refractivity contribution is 5.73. The van der Waals surface area contributed by atoms with Crippen molar-refractivity contribution in [2.24, 2.45) is 0 Å². The number of hydrogen-bond donors (Lipinski definition) is 4. The monoisotopic (exact) mass is 784 g/mol. The molecule has 2 amide bonds. The van der Waals surface area contributed by atoms with Crippen LogP contribution in [0, 0.1) is 0 Å². The van der Waals surface area contributed by atoms with Gasteiger partial charge < -0.3 is 54.0 Å². The number of nitrogens with one attached hydrogen (secondary N) is 2. The van der Waals surface area contributed by atoms with Crippen LogP contribution in [0.2, 0.25) is 0 Å². The van der Waals surface area contributed by atoms with Gasteiger partial charge in [0, 0.05) is 13.8 Å². The summed E-state index contributed by atoms with van der Waals surface area (Å²) in [5.74, 6) is -0.839. The molecule has 57 heavy (non-hydrogen) atoms. The number of carbonyl (C=O) groups excluding carboxylic acids is 2. The molecule has 2 heterocycles. The number of benzene rings is 4. The minimum absolute atomic E-state index is 0.0418. The maximum atomic E-state index is 12.8. The summed E-state index contributed by atoms with van der Waals surface area (Å²) in [5, 5.41) is 28.9. The Hall–Kier alpha value is -4.54. The molecule has 10 atom stereocenters. The van der Waals surface area contributed by atoms with E-state index in [9.17, 15) is 19.8 Å². The van der Waals surface area contributed by atoms with Gasteiger partial charge in [0.2, 0.25) is 11.8 Å². The minimum atomic E-state index is -1.50. The van der Waals surface area contributed by atoms with Crippen LogP contribution in [0.25, 0.3) is 0 Å². The second-order valence-electron chi connectivity index (χ2n) is 14.2. The van der Waals surface area contributed by atoms with Gasteiger partial charge in [-0.3, -0.25) is 9.59 Å². The smallest absolute Gasteiger partial charge is 0.217 e. The summed E-state index contributed by atoms with van der Waals surface area (Å²) >= 11 is 0. The van der Waals surface area contributed by atoms with Crippen LogP contribution in [0.4, 0.5) is 0 Å². The fourth-order valence-electron chi connectivity index (χ4n) is 6.99. The molecule has 0 aliphatic carbocycles. The number of aliphatic hydroxyl groups is 2. The molecular weight excluding hydrogens is 732 g/mol. The van der Waals surface area contributed by atoms with Crippen LogP contribution in [0.5, 0.6) is 0 Å². The lowest BCUT2D eigenvalue weighted by Crippen LogP contribution is -2.69. The lowest BCUT2D eigenvalue weighted by molar-refractivity contribution is -0.337. The maximum Gasteiger partial charge on any atom is 0.217 e. The van der Waals surface area contributed by atoms with Crippen molar-refractivity contribution in [2.75, 3.05) is 13.2 Å². The van der Waals surface area contributed by atoms with E-state index in [1.165, 1.54) is 13.8 Å². The Morgan fingerprint density at radius 1 is 0.544 bits per heavy atom. The van der Waals surface area contributed by atoms with Crippen molar-refractivity contribution in [2.45, 2.75) is 102 Å². The normalized spacial score (nSPS) is 27.4. The van der Waals surface area contributed by atoms with Crippen molar-refractivity contribution in [1.82, 2.24) is 10.6 Å².